The van der Waals surface area contributed by atoms with Gasteiger partial charge in [0.2, 0.25) is 0 Å². The van der Waals surface area contributed by atoms with Crippen molar-refractivity contribution < 1.29 is 4.74 Å². The Balaban J connectivity index is 2.40. The summed E-state index contributed by atoms with van der Waals surface area (Å²) in [6.07, 6.45) is 8.67. The van der Waals surface area contributed by atoms with Crippen molar-refractivity contribution in [2.75, 3.05) is 0 Å². The molecule has 0 saturated carbocycles. The minimum Gasteiger partial charge on any atom is -0.351 e. The largest absolute Gasteiger partial charge is 0.351 e. The van der Waals surface area contributed by atoms with Crippen LogP contribution in [0.25, 0.3) is 0 Å². The van der Waals surface area contributed by atoms with Gasteiger partial charge in [-0.2, -0.15) is 0 Å². The fourth-order valence-electron chi connectivity index (χ4n) is 2.03. The van der Waals surface area contributed by atoms with Crippen LogP contribution in [0.3, 0.4) is 0 Å². The molecule has 0 fully saturated rings. The topological polar surface area (TPSA) is 61.3 Å². The quantitative estimate of drug-likeness (QED) is 0.466. The highest BCUT2D eigenvalue weighted by Crippen LogP contribution is 2.38. The van der Waals surface area contributed by atoms with Crippen molar-refractivity contribution in [3.63, 3.8) is 0 Å². The smallest absolute Gasteiger partial charge is 0.158 e. The Hall–Kier alpha value is -0.580. The molecule has 0 aromatic carbocycles. The summed E-state index contributed by atoms with van der Waals surface area (Å²) in [6.45, 7) is 3.83. The number of hydrogen-bond acceptors (Lipinski definition) is 3. The molecule has 0 bridgehead atoms. The second kappa shape index (κ2) is 4.51. The van der Waals surface area contributed by atoms with Gasteiger partial charge < -0.3 is 10.5 Å². The summed E-state index contributed by atoms with van der Waals surface area (Å²) in [5.74, 6) is 0. The van der Waals surface area contributed by atoms with Gasteiger partial charge in [-0.1, -0.05) is 29.3 Å². The summed E-state index contributed by atoms with van der Waals surface area (Å²) in [4.78, 5) is -1.01. The minimum absolute atomic E-state index is 0.00714. The maximum Gasteiger partial charge on any atom is 0.158 e. The SMILES string of the molecule is CC(C)OC1(N)C=C(Cl)C2=CC(N)(Cl)C=CC2=C1. The van der Waals surface area contributed by atoms with Gasteiger partial charge in [0.25, 0.3) is 0 Å². The molecule has 0 aromatic heterocycles. The van der Waals surface area contributed by atoms with E-state index in [0.29, 0.717) is 5.03 Å². The molecule has 3 nitrogen and oxygen atoms in total. The van der Waals surface area contributed by atoms with Gasteiger partial charge in [0.05, 0.1) is 6.10 Å². The first-order chi connectivity index (χ1) is 8.21. The monoisotopic (exact) mass is 286 g/mol. The van der Waals surface area contributed by atoms with E-state index in [-0.39, 0.29) is 6.10 Å². The summed E-state index contributed by atoms with van der Waals surface area (Å²) >= 11 is 12.3. The Labute approximate surface area is 117 Å². The number of alkyl halides is 1. The van der Waals surface area contributed by atoms with Crippen LogP contribution in [0.1, 0.15) is 13.8 Å². The van der Waals surface area contributed by atoms with Crippen molar-refractivity contribution in [2.24, 2.45) is 11.5 Å². The molecule has 0 aliphatic heterocycles. The predicted molar refractivity (Wildman–Crippen MR) is 75.2 cm³/mol. The molecule has 0 aromatic rings. The summed E-state index contributed by atoms with van der Waals surface area (Å²) < 4.78 is 5.67. The third kappa shape index (κ3) is 2.87. The van der Waals surface area contributed by atoms with Gasteiger partial charge in [-0.05, 0) is 49.3 Å². The van der Waals surface area contributed by atoms with Crippen LogP contribution < -0.4 is 11.5 Å². The van der Waals surface area contributed by atoms with E-state index in [0.717, 1.165) is 11.1 Å². The van der Waals surface area contributed by atoms with Crippen LogP contribution in [0.15, 0.2) is 46.6 Å². The molecule has 2 unspecified atom stereocenters. The van der Waals surface area contributed by atoms with Crippen LogP contribution in [0.2, 0.25) is 0 Å². The van der Waals surface area contributed by atoms with Crippen molar-refractivity contribution >= 4 is 23.2 Å². The maximum absolute atomic E-state index is 6.23. The van der Waals surface area contributed by atoms with Crippen LogP contribution in [0.5, 0.6) is 0 Å². The lowest BCUT2D eigenvalue weighted by atomic mass is 9.89. The molecule has 98 valence electrons. The fraction of sp³-hybridized carbons (Fsp3) is 0.385. The third-order valence-electron chi connectivity index (χ3n) is 2.63. The fourth-order valence-corrected chi connectivity index (χ4v) is 2.54. The van der Waals surface area contributed by atoms with E-state index in [1.54, 1.807) is 18.2 Å². The average Bonchev–Trinajstić information content (AvgIpc) is 2.17. The number of nitrogens with two attached hydrogens (primary N) is 2. The molecule has 2 atom stereocenters. The van der Waals surface area contributed by atoms with E-state index >= 15 is 0 Å². The molecule has 18 heavy (non-hydrogen) atoms. The highest BCUT2D eigenvalue weighted by molar-refractivity contribution is 6.33. The van der Waals surface area contributed by atoms with E-state index < -0.39 is 10.7 Å². The average molecular weight is 287 g/mol. The van der Waals surface area contributed by atoms with Gasteiger partial charge in [-0.3, -0.25) is 5.73 Å². The van der Waals surface area contributed by atoms with Gasteiger partial charge >= 0.3 is 0 Å². The number of ether oxygens (including phenoxy) is 1. The predicted octanol–water partition coefficient (Wildman–Crippen LogP) is 2.52. The molecule has 0 heterocycles. The Kier molecular flexibility index (Phi) is 3.47. The van der Waals surface area contributed by atoms with Crippen LogP contribution in [-0.2, 0) is 4.74 Å². The van der Waals surface area contributed by atoms with E-state index in [1.165, 1.54) is 0 Å². The van der Waals surface area contributed by atoms with Crippen molar-refractivity contribution in [1.82, 2.24) is 0 Å². The molecule has 4 N–H and O–H groups in total. The molecule has 2 rings (SSSR count). The maximum atomic E-state index is 6.23. The zero-order valence-electron chi connectivity index (χ0n) is 10.3. The summed E-state index contributed by atoms with van der Waals surface area (Å²) in [5.41, 5.74) is 12.6. The van der Waals surface area contributed by atoms with Crippen molar-refractivity contribution in [3.8, 4) is 0 Å². The van der Waals surface area contributed by atoms with Crippen molar-refractivity contribution in [3.05, 3.63) is 46.6 Å². The van der Waals surface area contributed by atoms with Gasteiger partial charge in [0.1, 0.15) is 5.00 Å². The van der Waals surface area contributed by atoms with E-state index in [9.17, 15) is 0 Å². The number of fused-ring (bicyclic) bond motifs is 1. The summed E-state index contributed by atoms with van der Waals surface area (Å²) in [7, 11) is 0. The number of hydrogen-bond donors (Lipinski definition) is 2. The van der Waals surface area contributed by atoms with Gasteiger partial charge in [0, 0.05) is 5.03 Å². The molecule has 0 radical (unpaired) electrons. The molecule has 0 spiro atoms. The van der Waals surface area contributed by atoms with Crippen LogP contribution in [0.4, 0.5) is 0 Å². The second-order valence-corrected chi connectivity index (χ2v) is 5.89. The zero-order valence-corrected chi connectivity index (χ0v) is 11.8. The van der Waals surface area contributed by atoms with Crippen molar-refractivity contribution in [2.45, 2.75) is 30.7 Å². The molecule has 5 heteroatoms. The van der Waals surface area contributed by atoms with E-state index in [1.807, 2.05) is 26.0 Å². The van der Waals surface area contributed by atoms with Crippen LogP contribution in [-0.4, -0.2) is 16.8 Å². The first-order valence-corrected chi connectivity index (χ1v) is 6.45. The highest BCUT2D eigenvalue weighted by atomic mass is 35.5. The van der Waals surface area contributed by atoms with Crippen LogP contribution in [0, 0.1) is 0 Å². The molecule has 2 aliphatic carbocycles. The number of rotatable bonds is 2. The van der Waals surface area contributed by atoms with Gasteiger partial charge in [0.15, 0.2) is 5.72 Å². The minimum atomic E-state index is -1.01. The van der Waals surface area contributed by atoms with Crippen molar-refractivity contribution in [1.29, 1.82) is 0 Å². The number of allylic oxidation sites excluding steroid dienone is 4. The first kappa shape index (κ1) is 13.8. The normalized spacial score (nSPS) is 34.9. The molecular weight excluding hydrogens is 271 g/mol. The van der Waals surface area contributed by atoms with E-state index in [4.69, 9.17) is 39.4 Å². The Morgan fingerprint density at radius 1 is 1.22 bits per heavy atom. The lowest BCUT2D eigenvalue weighted by Gasteiger charge is -2.32. The molecular formula is C13H16Cl2N2O. The Morgan fingerprint density at radius 3 is 2.50 bits per heavy atom. The van der Waals surface area contributed by atoms with Crippen LogP contribution >= 0.6 is 23.2 Å². The Morgan fingerprint density at radius 2 is 1.89 bits per heavy atom. The van der Waals surface area contributed by atoms with E-state index in [2.05, 4.69) is 0 Å². The second-order valence-electron chi connectivity index (χ2n) is 4.83. The molecule has 0 saturated heterocycles. The standard InChI is InChI=1S/C13H16Cl2N2O/c1-8(2)18-13(17)5-9-3-4-12(15,16)6-10(9)11(14)7-13/h3-8H,16-17H2,1-2H3. The lowest BCUT2D eigenvalue weighted by molar-refractivity contribution is -0.0125. The lowest BCUT2D eigenvalue weighted by Crippen LogP contribution is -2.43. The van der Waals surface area contributed by atoms with Gasteiger partial charge in [-0.15, -0.1) is 0 Å². The molecule has 0 amide bonds. The summed E-state index contributed by atoms with van der Waals surface area (Å²) in [5, 5.41) is 0.496. The first-order valence-electron chi connectivity index (χ1n) is 5.69. The summed E-state index contributed by atoms with van der Waals surface area (Å²) in [6, 6.07) is 0. The highest BCUT2D eigenvalue weighted by Gasteiger charge is 2.32. The third-order valence-corrected chi connectivity index (χ3v) is 3.17. The zero-order chi connectivity index (χ0) is 13.6. The number of halogens is 2. The molecule has 2 aliphatic rings. The Bertz CT molecular complexity index is 489. The van der Waals surface area contributed by atoms with Gasteiger partial charge in [-0.25, -0.2) is 0 Å².